The summed E-state index contributed by atoms with van der Waals surface area (Å²) in [6.45, 7) is 1.37. The quantitative estimate of drug-likeness (QED) is 0.549. The molecule has 2 N–H and O–H groups in total. The molecule has 3 rings (SSSR count). The number of hydrogen-bond acceptors (Lipinski definition) is 7. The van der Waals surface area contributed by atoms with Crippen molar-refractivity contribution in [2.45, 2.75) is 26.2 Å². The van der Waals surface area contributed by atoms with E-state index in [2.05, 4.69) is 0 Å². The van der Waals surface area contributed by atoms with Crippen LogP contribution in [0.5, 0.6) is 0 Å². The summed E-state index contributed by atoms with van der Waals surface area (Å²) in [4.78, 5) is 53.4. The summed E-state index contributed by atoms with van der Waals surface area (Å²) in [5.41, 5.74) is 7.15. The van der Waals surface area contributed by atoms with Gasteiger partial charge in [-0.25, -0.2) is 0 Å². The Kier molecular flexibility index (Phi) is 8.75. The van der Waals surface area contributed by atoms with E-state index in [-0.39, 0.29) is 39.4 Å². The highest BCUT2D eigenvalue weighted by Gasteiger charge is 2.44. The summed E-state index contributed by atoms with van der Waals surface area (Å²) in [6, 6.07) is 17.2. The van der Waals surface area contributed by atoms with Gasteiger partial charge in [0, 0.05) is 13.1 Å². The van der Waals surface area contributed by atoms with E-state index in [4.69, 9.17) is 15.2 Å². The van der Waals surface area contributed by atoms with Crippen LogP contribution in [0.3, 0.4) is 0 Å². The Morgan fingerprint density at radius 3 is 2.06 bits per heavy atom. The Bertz CT molecular complexity index is 998. The number of piperazine rings is 1. The molecule has 1 saturated heterocycles. The number of ether oxygens (including phenoxy) is 2. The molecule has 2 atom stereocenters. The second kappa shape index (κ2) is 11.9. The number of carbonyl (C=O) groups excluding carboxylic acids is 4. The van der Waals surface area contributed by atoms with E-state index < -0.39 is 35.7 Å². The van der Waals surface area contributed by atoms with Crippen LogP contribution in [0.15, 0.2) is 60.7 Å². The third kappa shape index (κ3) is 6.41. The highest BCUT2D eigenvalue weighted by molar-refractivity contribution is 5.94. The molecule has 1 heterocycles. The van der Waals surface area contributed by atoms with Gasteiger partial charge in [0.2, 0.25) is 11.8 Å². The second-order valence-electron chi connectivity index (χ2n) is 8.02. The van der Waals surface area contributed by atoms with E-state index in [0.717, 1.165) is 11.1 Å². The van der Waals surface area contributed by atoms with Gasteiger partial charge in [-0.1, -0.05) is 60.7 Å². The third-order valence-corrected chi connectivity index (χ3v) is 5.64. The summed E-state index contributed by atoms with van der Waals surface area (Å²) < 4.78 is 10.7. The lowest BCUT2D eigenvalue weighted by Gasteiger charge is -2.41. The fourth-order valence-electron chi connectivity index (χ4n) is 3.76. The maximum atomic E-state index is 13.3. The lowest BCUT2D eigenvalue weighted by atomic mass is 9.96. The van der Waals surface area contributed by atoms with Crippen molar-refractivity contribution in [2.75, 3.05) is 26.2 Å². The van der Waals surface area contributed by atoms with Crippen molar-refractivity contribution in [1.29, 1.82) is 0 Å². The summed E-state index contributed by atoms with van der Waals surface area (Å²) in [5.74, 6) is -3.12. The van der Waals surface area contributed by atoms with Crippen molar-refractivity contribution in [3.05, 3.63) is 71.8 Å². The van der Waals surface area contributed by atoms with Crippen LogP contribution in [0.25, 0.3) is 0 Å². The Morgan fingerprint density at radius 1 is 0.941 bits per heavy atom. The van der Waals surface area contributed by atoms with Crippen LogP contribution in [-0.4, -0.2) is 65.8 Å². The molecule has 1 aliphatic rings. The van der Waals surface area contributed by atoms with Crippen molar-refractivity contribution in [1.82, 2.24) is 9.80 Å². The molecule has 0 radical (unpaired) electrons. The first-order valence-corrected chi connectivity index (χ1v) is 11.1. The molecule has 0 bridgehead atoms. The van der Waals surface area contributed by atoms with Crippen LogP contribution in [0.4, 0.5) is 0 Å². The molecule has 9 heteroatoms. The van der Waals surface area contributed by atoms with E-state index in [0.29, 0.717) is 0 Å². The zero-order chi connectivity index (χ0) is 24.5. The minimum Gasteiger partial charge on any atom is -0.461 e. The molecule has 9 nitrogen and oxygen atoms in total. The van der Waals surface area contributed by atoms with Crippen molar-refractivity contribution in [2.24, 2.45) is 11.7 Å². The molecule has 0 spiro atoms. The van der Waals surface area contributed by atoms with Crippen LogP contribution < -0.4 is 5.73 Å². The Labute approximate surface area is 198 Å². The Morgan fingerprint density at radius 2 is 1.50 bits per heavy atom. The van der Waals surface area contributed by atoms with Gasteiger partial charge in [-0.2, -0.15) is 0 Å². The first-order valence-electron chi connectivity index (χ1n) is 11.1. The molecular formula is C25H29N3O6. The topological polar surface area (TPSA) is 119 Å². The molecule has 0 aromatic heterocycles. The third-order valence-electron chi connectivity index (χ3n) is 5.64. The summed E-state index contributed by atoms with van der Waals surface area (Å²) >= 11 is 0. The Balaban J connectivity index is 1.65. The molecule has 2 aromatic rings. The average Bonchev–Trinajstić information content (AvgIpc) is 2.87. The minimum absolute atomic E-state index is 0.0469. The van der Waals surface area contributed by atoms with Crippen LogP contribution >= 0.6 is 0 Å². The highest BCUT2D eigenvalue weighted by Crippen LogP contribution is 2.21. The highest BCUT2D eigenvalue weighted by atomic mass is 16.5. The normalized spacial score (nSPS) is 16.6. The number of nitrogens with zero attached hydrogens (tertiary/aromatic N) is 2. The molecule has 2 aromatic carbocycles. The molecule has 0 aliphatic carbocycles. The zero-order valence-corrected chi connectivity index (χ0v) is 19.1. The monoisotopic (exact) mass is 467 g/mol. The van der Waals surface area contributed by atoms with Gasteiger partial charge < -0.3 is 25.0 Å². The fraction of sp³-hybridized carbons (Fsp3) is 0.360. The van der Waals surface area contributed by atoms with Gasteiger partial charge in [0.25, 0.3) is 0 Å². The van der Waals surface area contributed by atoms with E-state index in [1.54, 1.807) is 0 Å². The zero-order valence-electron chi connectivity index (χ0n) is 19.1. The minimum atomic E-state index is -1.12. The van der Waals surface area contributed by atoms with Gasteiger partial charge in [-0.3, -0.25) is 19.2 Å². The molecule has 2 unspecified atom stereocenters. The maximum absolute atomic E-state index is 13.3. The van der Waals surface area contributed by atoms with Crippen LogP contribution in [-0.2, 0) is 41.9 Å². The molecule has 1 fully saturated rings. The first-order chi connectivity index (χ1) is 16.4. The first kappa shape index (κ1) is 24.9. The van der Waals surface area contributed by atoms with E-state index in [1.165, 1.54) is 16.7 Å². The molecule has 34 heavy (non-hydrogen) atoms. The van der Waals surface area contributed by atoms with Crippen molar-refractivity contribution < 1.29 is 28.7 Å². The van der Waals surface area contributed by atoms with Gasteiger partial charge in [0.15, 0.2) is 0 Å². The van der Waals surface area contributed by atoms with Crippen molar-refractivity contribution in [3.8, 4) is 0 Å². The number of amides is 2. The smallest absolute Gasteiger partial charge is 0.325 e. The van der Waals surface area contributed by atoms with E-state index in [9.17, 15) is 19.2 Å². The maximum Gasteiger partial charge on any atom is 0.325 e. The molecule has 180 valence electrons. The van der Waals surface area contributed by atoms with Crippen LogP contribution in [0, 0.1) is 5.92 Å². The number of esters is 2. The fourth-order valence-corrected chi connectivity index (χ4v) is 3.76. The van der Waals surface area contributed by atoms with Gasteiger partial charge >= 0.3 is 11.9 Å². The van der Waals surface area contributed by atoms with E-state index >= 15 is 0 Å². The van der Waals surface area contributed by atoms with Gasteiger partial charge in [0.05, 0.1) is 12.5 Å². The number of carbonyl (C=O) groups is 4. The van der Waals surface area contributed by atoms with Crippen molar-refractivity contribution in [3.63, 3.8) is 0 Å². The standard InChI is InChI=1S/C25H29N3O6/c1-18(25(32)34-17-20-10-6-3-7-11-20)23-24(31)27(12-13-28(23)21(29)14-26)15-22(30)33-16-19-8-4-2-5-9-19/h2-11,18,23H,12-17,26H2,1H3. The molecule has 2 amide bonds. The van der Waals surface area contributed by atoms with E-state index in [1.807, 2.05) is 60.7 Å². The number of hydrogen-bond donors (Lipinski definition) is 1. The second-order valence-corrected chi connectivity index (χ2v) is 8.02. The molecular weight excluding hydrogens is 438 g/mol. The largest absolute Gasteiger partial charge is 0.461 e. The molecule has 0 saturated carbocycles. The van der Waals surface area contributed by atoms with Crippen molar-refractivity contribution >= 4 is 23.8 Å². The summed E-state index contributed by atoms with van der Waals surface area (Å²) in [5, 5.41) is 0. The predicted molar refractivity (Wildman–Crippen MR) is 123 cm³/mol. The predicted octanol–water partition coefficient (Wildman–Crippen LogP) is 1.11. The SMILES string of the molecule is CC(C(=O)OCc1ccccc1)C1C(=O)N(CC(=O)OCc2ccccc2)CCN1C(=O)CN. The van der Waals surface area contributed by atoms with Crippen LogP contribution in [0.1, 0.15) is 18.1 Å². The summed E-state index contributed by atoms with van der Waals surface area (Å²) in [7, 11) is 0. The summed E-state index contributed by atoms with van der Waals surface area (Å²) in [6.07, 6.45) is 0. The van der Waals surface area contributed by atoms with Gasteiger partial charge in [0.1, 0.15) is 25.8 Å². The number of rotatable bonds is 9. The lowest BCUT2D eigenvalue weighted by Crippen LogP contribution is -2.63. The number of benzene rings is 2. The molecule has 1 aliphatic heterocycles. The van der Waals surface area contributed by atoms with Gasteiger partial charge in [-0.15, -0.1) is 0 Å². The Hall–Kier alpha value is -3.72. The lowest BCUT2D eigenvalue weighted by molar-refractivity contribution is -0.165. The van der Waals surface area contributed by atoms with Gasteiger partial charge in [-0.05, 0) is 18.1 Å². The average molecular weight is 468 g/mol. The van der Waals surface area contributed by atoms with Crippen LogP contribution in [0.2, 0.25) is 0 Å². The number of nitrogens with two attached hydrogens (primary N) is 1.